The normalized spacial score (nSPS) is 15.5. The van der Waals surface area contributed by atoms with E-state index in [1.54, 1.807) is 12.2 Å². The van der Waals surface area contributed by atoms with Crippen LogP contribution in [0.3, 0.4) is 0 Å². The molecule has 8 unspecified atom stereocenters. The van der Waals surface area contributed by atoms with Crippen LogP contribution in [0.4, 0.5) is 0 Å². The Kier molecular flexibility index (Phi) is 35.1. The molecule has 0 amide bonds. The Morgan fingerprint density at radius 2 is 1.09 bits per heavy atom. The third-order valence-electron chi connectivity index (χ3n) is 9.15. The number of ketones is 1. The van der Waals surface area contributed by atoms with E-state index in [4.69, 9.17) is 11.5 Å². The van der Waals surface area contributed by atoms with Gasteiger partial charge in [0.05, 0.1) is 12.2 Å². The minimum absolute atomic E-state index is 0.0874. The lowest BCUT2D eigenvalue weighted by atomic mass is 9.99. The maximum atomic E-state index is 12.2. The van der Waals surface area contributed by atoms with Gasteiger partial charge in [-0.05, 0) is 63.9 Å². The number of hydrogen-bond acceptors (Lipinski definition) is 10. The van der Waals surface area contributed by atoms with Gasteiger partial charge in [-0.15, -0.1) is 6.42 Å². The molecule has 0 fully saturated rings. The lowest BCUT2D eigenvalue weighted by Crippen LogP contribution is -2.21. The summed E-state index contributed by atoms with van der Waals surface area (Å²) in [5, 5.41) is 87.0. The van der Waals surface area contributed by atoms with Crippen molar-refractivity contribution in [3.8, 4) is 47.9 Å². The number of allylic oxidation sites excluding steroid dienone is 2. The molecule has 8 atom stereocenters. The van der Waals surface area contributed by atoms with Crippen LogP contribution >= 0.6 is 0 Å². The van der Waals surface area contributed by atoms with Crippen molar-refractivity contribution < 1.29 is 55.5 Å². The molecule has 0 aliphatic carbocycles. The molecular weight excluding hydrogens is 741 g/mol. The van der Waals surface area contributed by atoms with Gasteiger partial charge in [0.15, 0.2) is 11.9 Å². The van der Waals surface area contributed by atoms with Gasteiger partial charge in [0, 0.05) is 25.2 Å². The van der Waals surface area contributed by atoms with Crippen LogP contribution in [0, 0.1) is 47.9 Å². The number of aliphatic hydroxyl groups is 8. The van der Waals surface area contributed by atoms with Gasteiger partial charge in [-0.25, -0.2) is 4.79 Å². The van der Waals surface area contributed by atoms with Crippen molar-refractivity contribution in [1.82, 2.24) is 0 Å². The van der Waals surface area contributed by atoms with Crippen molar-refractivity contribution in [2.45, 2.75) is 197 Å². The molecule has 58 heavy (non-hydrogen) atoms. The zero-order valence-corrected chi connectivity index (χ0v) is 34.3. The SMILES string of the molecule is C#CC(O)/C=C/C(O)C/C=C/CC(O)C#CC(O)C#CC(O)CCC/C=C\CCCCCCCCCCCCCCC(O)C(=O)CCCC(O)CC(O)C#CC(=O)O. The van der Waals surface area contributed by atoms with Crippen LogP contribution in [0.15, 0.2) is 36.5 Å². The van der Waals surface area contributed by atoms with Crippen LogP contribution in [0.2, 0.25) is 0 Å². The van der Waals surface area contributed by atoms with E-state index < -0.39 is 54.8 Å². The maximum absolute atomic E-state index is 12.2. The summed E-state index contributed by atoms with van der Waals surface area (Å²) in [4.78, 5) is 22.5. The highest BCUT2D eigenvalue weighted by molar-refractivity contribution is 5.86. The number of hydrogen-bond donors (Lipinski definition) is 9. The highest BCUT2D eigenvalue weighted by Gasteiger charge is 2.16. The van der Waals surface area contributed by atoms with E-state index in [9.17, 15) is 50.4 Å². The van der Waals surface area contributed by atoms with Crippen LogP contribution in [0.25, 0.3) is 0 Å². The predicted octanol–water partition coefficient (Wildman–Crippen LogP) is 4.81. The van der Waals surface area contributed by atoms with E-state index in [-0.39, 0.29) is 37.9 Å². The molecule has 9 N–H and O–H groups in total. The fraction of sp³-hybridized carbons (Fsp3) is 0.660. The fourth-order valence-electron chi connectivity index (χ4n) is 5.80. The van der Waals surface area contributed by atoms with Gasteiger partial charge in [0.25, 0.3) is 0 Å². The first-order chi connectivity index (χ1) is 27.8. The van der Waals surface area contributed by atoms with Crippen LogP contribution in [-0.2, 0) is 9.59 Å². The molecule has 0 rings (SSSR count). The van der Waals surface area contributed by atoms with Gasteiger partial charge >= 0.3 is 5.97 Å². The largest absolute Gasteiger partial charge is 0.472 e. The summed E-state index contributed by atoms with van der Waals surface area (Å²) in [5.41, 5.74) is 0. The Hall–Kier alpha value is -3.72. The summed E-state index contributed by atoms with van der Waals surface area (Å²) in [6.07, 6.45) is 25.9. The first-order valence-corrected chi connectivity index (χ1v) is 21.0. The Morgan fingerprint density at radius 3 is 1.69 bits per heavy atom. The first-order valence-electron chi connectivity index (χ1n) is 21.0. The second kappa shape index (κ2) is 37.5. The number of Topliss-reactive ketones (excluding diaryl/α,β-unsaturated/α-hetero) is 1. The molecule has 0 heterocycles. The highest BCUT2D eigenvalue weighted by Crippen LogP contribution is 2.15. The number of rotatable bonds is 32. The molecule has 0 saturated carbocycles. The van der Waals surface area contributed by atoms with E-state index in [0.717, 1.165) is 51.4 Å². The van der Waals surface area contributed by atoms with Crippen molar-refractivity contribution in [2.75, 3.05) is 0 Å². The summed E-state index contributed by atoms with van der Waals surface area (Å²) in [6, 6.07) is 0. The molecule has 0 aromatic carbocycles. The molecular formula is C47H70O11. The van der Waals surface area contributed by atoms with Crippen molar-refractivity contribution in [3.63, 3.8) is 0 Å². The van der Waals surface area contributed by atoms with E-state index in [2.05, 4.69) is 47.7 Å². The third kappa shape index (κ3) is 36.6. The summed E-state index contributed by atoms with van der Waals surface area (Å²) in [7, 11) is 0. The standard InChI is InChI=1S/C47H70O11/c1-2-38(48)29-30-40(50)24-20-21-25-41(51)32-34-42(52)33-31-39(49)23-18-16-14-12-10-8-6-4-3-5-7-9-11-13-15-17-19-27-45(55)46(56)28-22-26-43(53)37-44(54)35-36-47(57)58/h1,12,14,20-21,29-30,38-45,48-55H,3-11,13,15-19,22-28,37H2,(H,57,58)/b14-12-,21-20+,30-29+. The molecule has 0 spiro atoms. The Morgan fingerprint density at radius 1 is 0.534 bits per heavy atom. The van der Waals surface area contributed by atoms with Crippen molar-refractivity contribution in [3.05, 3.63) is 36.5 Å². The monoisotopic (exact) mass is 810 g/mol. The minimum Gasteiger partial charge on any atom is -0.472 e. The molecule has 11 heteroatoms. The molecule has 0 aliphatic rings. The topological polar surface area (TPSA) is 216 Å². The van der Waals surface area contributed by atoms with Gasteiger partial charge in [0.2, 0.25) is 0 Å². The lowest BCUT2D eigenvalue weighted by Gasteiger charge is -2.13. The van der Waals surface area contributed by atoms with Gasteiger partial charge in [-0.3, -0.25) is 4.79 Å². The Balaban J connectivity index is 3.74. The molecule has 0 saturated heterocycles. The number of carbonyl (C=O) groups is 2. The molecule has 0 aromatic heterocycles. The highest BCUT2D eigenvalue weighted by atomic mass is 16.4. The second-order valence-corrected chi connectivity index (χ2v) is 14.6. The summed E-state index contributed by atoms with van der Waals surface area (Å²) in [5.74, 6) is 14.5. The van der Waals surface area contributed by atoms with Gasteiger partial charge < -0.3 is 46.0 Å². The van der Waals surface area contributed by atoms with Crippen molar-refractivity contribution in [2.24, 2.45) is 0 Å². The zero-order chi connectivity index (χ0) is 43.2. The summed E-state index contributed by atoms with van der Waals surface area (Å²) in [6.45, 7) is 0. The second-order valence-electron chi connectivity index (χ2n) is 14.6. The van der Waals surface area contributed by atoms with Gasteiger partial charge in [-0.1, -0.05) is 137 Å². The predicted molar refractivity (Wildman–Crippen MR) is 226 cm³/mol. The third-order valence-corrected chi connectivity index (χ3v) is 9.15. The van der Waals surface area contributed by atoms with E-state index >= 15 is 0 Å². The fourth-order valence-corrected chi connectivity index (χ4v) is 5.80. The average Bonchev–Trinajstić information content (AvgIpc) is 3.19. The summed E-state index contributed by atoms with van der Waals surface area (Å²) < 4.78 is 0. The number of terminal acetylenes is 1. The number of carbonyl (C=O) groups excluding carboxylic acids is 1. The maximum Gasteiger partial charge on any atom is 0.381 e. The minimum atomic E-state index is -1.35. The number of aliphatic hydroxyl groups excluding tert-OH is 8. The van der Waals surface area contributed by atoms with E-state index in [1.807, 2.05) is 5.92 Å². The molecule has 0 radical (unpaired) electrons. The number of aliphatic carboxylic acids is 1. The molecule has 324 valence electrons. The molecule has 0 bridgehead atoms. The quantitative estimate of drug-likeness (QED) is 0.0255. The number of unbranched alkanes of at least 4 members (excludes halogenated alkanes) is 13. The van der Waals surface area contributed by atoms with Crippen LogP contribution in [-0.4, -0.2) is 107 Å². The van der Waals surface area contributed by atoms with Crippen LogP contribution in [0.1, 0.15) is 148 Å². The first kappa shape index (κ1) is 54.3. The van der Waals surface area contributed by atoms with Gasteiger partial charge in [0.1, 0.15) is 30.5 Å². The van der Waals surface area contributed by atoms with Crippen molar-refractivity contribution in [1.29, 1.82) is 0 Å². The molecule has 0 aromatic rings. The zero-order valence-electron chi connectivity index (χ0n) is 34.3. The lowest BCUT2D eigenvalue weighted by molar-refractivity contribution is -0.130. The summed E-state index contributed by atoms with van der Waals surface area (Å²) >= 11 is 0. The average molecular weight is 811 g/mol. The smallest absolute Gasteiger partial charge is 0.381 e. The molecule has 0 aliphatic heterocycles. The Bertz CT molecular complexity index is 1410. The van der Waals surface area contributed by atoms with Crippen molar-refractivity contribution >= 4 is 11.8 Å². The van der Waals surface area contributed by atoms with E-state index in [1.165, 1.54) is 57.1 Å². The number of carboxylic acids is 1. The Labute approximate surface area is 347 Å². The van der Waals surface area contributed by atoms with Crippen LogP contribution in [0.5, 0.6) is 0 Å². The number of carboxylic acid groups (broad SMARTS) is 1. The molecule has 11 nitrogen and oxygen atoms in total. The van der Waals surface area contributed by atoms with E-state index in [0.29, 0.717) is 19.3 Å². The van der Waals surface area contributed by atoms with Gasteiger partial charge in [-0.2, -0.15) is 0 Å². The van der Waals surface area contributed by atoms with Crippen LogP contribution < -0.4 is 0 Å².